The molecule has 0 aromatic heterocycles. The smallest absolute Gasteiger partial charge is 0.338 e. The predicted molar refractivity (Wildman–Crippen MR) is 163 cm³/mol. The molecule has 0 aliphatic heterocycles. The lowest BCUT2D eigenvalue weighted by molar-refractivity contribution is -0.139. The van der Waals surface area contributed by atoms with E-state index in [1.54, 1.807) is 24.3 Å². The molecule has 228 valence electrons. The van der Waals surface area contributed by atoms with E-state index in [9.17, 15) is 14.4 Å². The molecule has 3 saturated carbocycles. The van der Waals surface area contributed by atoms with Gasteiger partial charge >= 0.3 is 17.9 Å². The molecule has 0 unspecified atom stereocenters. The number of rotatable bonds is 6. The highest BCUT2D eigenvalue weighted by Gasteiger charge is 2.61. The van der Waals surface area contributed by atoms with Crippen LogP contribution in [0.4, 0.5) is 0 Å². The van der Waals surface area contributed by atoms with Crippen LogP contribution in [0.1, 0.15) is 99.8 Å². The van der Waals surface area contributed by atoms with Crippen LogP contribution in [-0.4, -0.2) is 30.1 Å². The molecule has 3 fully saturated rings. The summed E-state index contributed by atoms with van der Waals surface area (Å²) in [5.74, 6) is 1.33. The Bertz CT molecular complexity index is 1400. The summed E-state index contributed by atoms with van der Waals surface area (Å²) in [6.45, 7) is 8.21. The Kier molecular flexibility index (Phi) is 7.99. The second-order valence-corrected chi connectivity index (χ2v) is 13.8. The van der Waals surface area contributed by atoms with E-state index in [0.29, 0.717) is 35.3 Å². The van der Waals surface area contributed by atoms with Crippen molar-refractivity contribution in [1.29, 1.82) is 0 Å². The van der Waals surface area contributed by atoms with E-state index in [2.05, 4.69) is 13.8 Å². The van der Waals surface area contributed by atoms with Crippen molar-refractivity contribution in [1.82, 2.24) is 0 Å². The van der Waals surface area contributed by atoms with E-state index in [1.807, 2.05) is 43.3 Å². The van der Waals surface area contributed by atoms with Gasteiger partial charge in [0, 0.05) is 19.3 Å². The Morgan fingerprint density at radius 2 is 1.49 bits per heavy atom. The summed E-state index contributed by atoms with van der Waals surface area (Å²) in [6, 6.07) is 18.4. The van der Waals surface area contributed by atoms with Crippen molar-refractivity contribution in [2.24, 2.45) is 34.5 Å². The Labute approximate surface area is 255 Å². The summed E-state index contributed by atoms with van der Waals surface area (Å²) < 4.78 is 18.2. The van der Waals surface area contributed by atoms with Crippen molar-refractivity contribution in [3.05, 3.63) is 83.1 Å². The maximum atomic E-state index is 13.0. The number of benzene rings is 2. The van der Waals surface area contributed by atoms with Crippen molar-refractivity contribution < 1.29 is 28.6 Å². The lowest BCUT2D eigenvalue weighted by Crippen LogP contribution is -2.51. The van der Waals surface area contributed by atoms with Gasteiger partial charge in [0.1, 0.15) is 18.0 Å². The van der Waals surface area contributed by atoms with Gasteiger partial charge in [-0.05, 0) is 110 Å². The summed E-state index contributed by atoms with van der Waals surface area (Å²) in [5, 5.41) is 0. The van der Waals surface area contributed by atoms with Gasteiger partial charge in [0.15, 0.2) is 0 Å². The van der Waals surface area contributed by atoms with Gasteiger partial charge in [-0.2, -0.15) is 0 Å². The van der Waals surface area contributed by atoms with Gasteiger partial charge in [-0.1, -0.05) is 50.2 Å². The van der Waals surface area contributed by atoms with Crippen LogP contribution in [0.25, 0.3) is 0 Å². The molecule has 43 heavy (non-hydrogen) atoms. The van der Waals surface area contributed by atoms with Gasteiger partial charge in [-0.25, -0.2) is 9.59 Å². The molecule has 0 amide bonds. The minimum atomic E-state index is -0.287. The maximum Gasteiger partial charge on any atom is 0.338 e. The molecular formula is C37H44O6. The van der Waals surface area contributed by atoms with Crippen LogP contribution in [0.3, 0.4) is 0 Å². The molecule has 8 atom stereocenters. The molecule has 6 heteroatoms. The zero-order valence-corrected chi connectivity index (χ0v) is 25.8. The first kappa shape index (κ1) is 29.7. The van der Waals surface area contributed by atoms with Gasteiger partial charge in [0.25, 0.3) is 0 Å². The zero-order chi connectivity index (χ0) is 30.4. The van der Waals surface area contributed by atoms with Crippen LogP contribution in [0.5, 0.6) is 0 Å². The second-order valence-electron chi connectivity index (χ2n) is 13.8. The minimum Gasteiger partial charge on any atom is -0.459 e. The van der Waals surface area contributed by atoms with Gasteiger partial charge in [0.05, 0.1) is 11.1 Å². The average Bonchev–Trinajstić information content (AvgIpc) is 3.34. The van der Waals surface area contributed by atoms with Crippen LogP contribution in [0.2, 0.25) is 0 Å². The first-order valence-corrected chi connectivity index (χ1v) is 16.0. The fourth-order valence-electron chi connectivity index (χ4n) is 9.51. The van der Waals surface area contributed by atoms with Crippen LogP contribution >= 0.6 is 0 Å². The van der Waals surface area contributed by atoms with Gasteiger partial charge in [-0.3, -0.25) is 4.79 Å². The van der Waals surface area contributed by atoms with Crippen molar-refractivity contribution in [3.8, 4) is 0 Å². The third kappa shape index (κ3) is 5.42. The molecule has 4 aliphatic rings. The lowest BCUT2D eigenvalue weighted by Gasteiger charge is -2.57. The molecule has 0 bridgehead atoms. The van der Waals surface area contributed by atoms with Crippen LogP contribution in [-0.2, 0) is 19.0 Å². The molecule has 0 N–H and O–H groups in total. The maximum absolute atomic E-state index is 13.0. The molecule has 0 radical (unpaired) electrons. The fraction of sp³-hybridized carbons (Fsp3) is 0.541. The van der Waals surface area contributed by atoms with E-state index < -0.39 is 0 Å². The molecule has 6 nitrogen and oxygen atoms in total. The monoisotopic (exact) mass is 584 g/mol. The molecule has 2 aromatic rings. The highest BCUT2D eigenvalue weighted by Crippen LogP contribution is 2.67. The first-order chi connectivity index (χ1) is 20.6. The van der Waals surface area contributed by atoms with Crippen LogP contribution < -0.4 is 0 Å². The predicted octanol–water partition coefficient (Wildman–Crippen LogP) is 7.93. The second kappa shape index (κ2) is 11.6. The molecule has 0 heterocycles. The standard InChI is InChI=1S/C37H44O6/c1-23(41-34(39)25-11-7-5-8-12-25)30-17-18-31-29-16-15-27-21-28(43-35(40)26-13-9-6-10-14-26)19-20-36(27,3)33(29)32(42-24(2)38)22-37(30,31)4/h5-14,23,27-31H,15-22H2,1-4H3/t23-,27+,28+,29+,30+,31-,36-,37-/m0/s1. The van der Waals surface area contributed by atoms with Gasteiger partial charge in [-0.15, -0.1) is 0 Å². The Morgan fingerprint density at radius 1 is 0.837 bits per heavy atom. The fourth-order valence-corrected chi connectivity index (χ4v) is 9.51. The topological polar surface area (TPSA) is 78.9 Å². The number of hydrogen-bond acceptors (Lipinski definition) is 6. The zero-order valence-electron chi connectivity index (χ0n) is 25.8. The van der Waals surface area contributed by atoms with Gasteiger partial charge in [0.2, 0.25) is 0 Å². The third-order valence-corrected chi connectivity index (χ3v) is 11.5. The Morgan fingerprint density at radius 3 is 2.14 bits per heavy atom. The van der Waals surface area contributed by atoms with Crippen molar-refractivity contribution in [2.75, 3.05) is 0 Å². The number of carbonyl (C=O) groups excluding carboxylic acids is 3. The summed E-state index contributed by atoms with van der Waals surface area (Å²) in [5.41, 5.74) is 2.25. The van der Waals surface area contributed by atoms with E-state index in [-0.39, 0.29) is 46.9 Å². The van der Waals surface area contributed by atoms with E-state index in [4.69, 9.17) is 14.2 Å². The van der Waals surface area contributed by atoms with Crippen LogP contribution in [0.15, 0.2) is 72.0 Å². The normalized spacial score (nSPS) is 33.8. The first-order valence-electron chi connectivity index (χ1n) is 16.0. The largest absolute Gasteiger partial charge is 0.459 e. The summed E-state index contributed by atoms with van der Waals surface area (Å²) in [7, 11) is 0. The summed E-state index contributed by atoms with van der Waals surface area (Å²) in [4.78, 5) is 38.3. The number of hydrogen-bond donors (Lipinski definition) is 0. The highest BCUT2D eigenvalue weighted by molar-refractivity contribution is 5.89. The van der Waals surface area contributed by atoms with Crippen molar-refractivity contribution in [3.63, 3.8) is 0 Å². The van der Waals surface area contributed by atoms with Crippen LogP contribution in [0, 0.1) is 34.5 Å². The summed E-state index contributed by atoms with van der Waals surface area (Å²) in [6.07, 6.45) is 7.01. The molecule has 6 rings (SSSR count). The van der Waals surface area contributed by atoms with E-state index in [0.717, 1.165) is 50.7 Å². The molecular weight excluding hydrogens is 540 g/mol. The molecule has 0 spiro atoms. The molecule has 4 aliphatic carbocycles. The average molecular weight is 585 g/mol. The lowest BCUT2D eigenvalue weighted by atomic mass is 9.48. The number of carbonyl (C=O) groups is 3. The van der Waals surface area contributed by atoms with Crippen molar-refractivity contribution >= 4 is 17.9 Å². The Hall–Kier alpha value is -3.41. The van der Waals surface area contributed by atoms with Crippen molar-refractivity contribution in [2.45, 2.75) is 91.3 Å². The molecule has 2 aromatic carbocycles. The van der Waals surface area contributed by atoms with Gasteiger partial charge < -0.3 is 14.2 Å². The summed E-state index contributed by atoms with van der Waals surface area (Å²) >= 11 is 0. The Balaban J connectivity index is 1.24. The SMILES string of the molecule is CC(=O)OC1=C2[C@H](CC[C@@H]3C[C@H](OC(=O)c4ccccc4)CC[C@]23C)[C@@H]2CC[C@H]([C@H](C)OC(=O)c3ccccc3)[C@]2(C)C1. The molecule has 0 saturated heterocycles. The number of allylic oxidation sites excluding steroid dienone is 2. The third-order valence-electron chi connectivity index (χ3n) is 11.5. The number of fused-ring (bicyclic) bond motifs is 5. The van der Waals surface area contributed by atoms with E-state index in [1.165, 1.54) is 12.5 Å². The quantitative estimate of drug-likeness (QED) is 0.253. The number of ether oxygens (including phenoxy) is 3. The highest BCUT2D eigenvalue weighted by atomic mass is 16.5. The minimum absolute atomic E-state index is 0.103. The number of esters is 3. The van der Waals surface area contributed by atoms with E-state index >= 15 is 0 Å².